The van der Waals surface area contributed by atoms with Gasteiger partial charge in [0.15, 0.2) is 17.3 Å². The van der Waals surface area contributed by atoms with Gasteiger partial charge in [-0.05, 0) is 60.5 Å². The molecule has 0 unspecified atom stereocenters. The molecule has 1 amide bonds. The average Bonchev–Trinajstić information content (AvgIpc) is 3.52. The molecule has 0 saturated carbocycles. The number of methoxy groups -OCH3 is 2. The molecule has 0 aliphatic rings. The third-order valence-electron chi connectivity index (χ3n) is 5.42. The topological polar surface area (TPSA) is 61.5 Å². The fourth-order valence-corrected chi connectivity index (χ4v) is 3.63. The molecule has 0 radical (unpaired) electrons. The largest absolute Gasteiger partial charge is 0.493 e. The van der Waals surface area contributed by atoms with E-state index >= 15 is 0 Å². The summed E-state index contributed by atoms with van der Waals surface area (Å²) in [6.07, 6.45) is 5.89. The second-order valence-electron chi connectivity index (χ2n) is 7.53. The van der Waals surface area contributed by atoms with Crippen molar-refractivity contribution in [3.8, 4) is 23.0 Å². The number of halogens is 1. The predicted molar refractivity (Wildman–Crippen MR) is 123 cm³/mol. The number of aromatic nitrogens is 3. The predicted octanol–water partition coefficient (Wildman–Crippen LogP) is 4.13. The molecule has 0 bridgehead atoms. The molecule has 170 valence electrons. The number of amides is 1. The zero-order valence-electron chi connectivity index (χ0n) is 18.7. The Hall–Kier alpha value is -4.07. The second-order valence-corrected chi connectivity index (χ2v) is 7.53. The second kappa shape index (κ2) is 9.60. The van der Waals surface area contributed by atoms with E-state index in [1.54, 1.807) is 49.2 Å². The van der Waals surface area contributed by atoms with Crippen molar-refractivity contribution in [3.63, 3.8) is 0 Å². The van der Waals surface area contributed by atoms with Crippen molar-refractivity contribution in [3.05, 3.63) is 90.1 Å². The first-order valence-corrected chi connectivity index (χ1v) is 10.5. The Morgan fingerprint density at radius 3 is 2.39 bits per heavy atom. The zero-order chi connectivity index (χ0) is 23.4. The van der Waals surface area contributed by atoms with Gasteiger partial charge in [0.05, 0.1) is 26.1 Å². The number of hydrogen-bond acceptors (Lipinski definition) is 4. The SMILES string of the molecule is COc1ccc(CCN(C)C(=O)c2cnn(-c3ccc(F)cc3)c2-n2cccc2)cc1OC. The van der Waals surface area contributed by atoms with E-state index in [2.05, 4.69) is 5.10 Å². The van der Waals surface area contributed by atoms with Crippen LogP contribution >= 0.6 is 0 Å². The van der Waals surface area contributed by atoms with Gasteiger partial charge < -0.3 is 18.9 Å². The van der Waals surface area contributed by atoms with E-state index in [-0.39, 0.29) is 11.7 Å². The van der Waals surface area contributed by atoms with Crippen LogP contribution in [0, 0.1) is 5.82 Å². The van der Waals surface area contributed by atoms with Crippen LogP contribution in [0.1, 0.15) is 15.9 Å². The number of likely N-dealkylation sites (N-methyl/N-ethyl adjacent to an activating group) is 1. The summed E-state index contributed by atoms with van der Waals surface area (Å²) >= 11 is 0. The number of carbonyl (C=O) groups excluding carboxylic acids is 1. The highest BCUT2D eigenvalue weighted by Gasteiger charge is 2.22. The molecule has 8 heteroatoms. The zero-order valence-corrected chi connectivity index (χ0v) is 18.7. The van der Waals surface area contributed by atoms with E-state index in [1.807, 2.05) is 47.3 Å². The van der Waals surface area contributed by atoms with Gasteiger partial charge in [0, 0.05) is 26.0 Å². The molecule has 2 heterocycles. The van der Waals surface area contributed by atoms with E-state index in [0.29, 0.717) is 41.5 Å². The fourth-order valence-electron chi connectivity index (χ4n) is 3.63. The minimum Gasteiger partial charge on any atom is -0.493 e. The average molecular weight is 448 g/mol. The minimum atomic E-state index is -0.334. The molecule has 0 spiro atoms. The quantitative estimate of drug-likeness (QED) is 0.407. The molecule has 4 aromatic rings. The number of carbonyl (C=O) groups is 1. The number of benzene rings is 2. The van der Waals surface area contributed by atoms with Crippen molar-refractivity contribution in [1.82, 2.24) is 19.2 Å². The maximum atomic E-state index is 13.4. The molecule has 4 rings (SSSR count). The molecule has 2 aromatic carbocycles. The lowest BCUT2D eigenvalue weighted by atomic mass is 10.1. The Bertz CT molecular complexity index is 1230. The summed E-state index contributed by atoms with van der Waals surface area (Å²) in [5.41, 5.74) is 2.14. The summed E-state index contributed by atoms with van der Waals surface area (Å²) in [5, 5.41) is 4.43. The third kappa shape index (κ3) is 4.59. The van der Waals surface area contributed by atoms with Crippen LogP contribution < -0.4 is 9.47 Å². The van der Waals surface area contributed by atoms with Crippen molar-refractivity contribution >= 4 is 5.91 Å². The summed E-state index contributed by atoms with van der Waals surface area (Å²) < 4.78 is 27.5. The third-order valence-corrected chi connectivity index (χ3v) is 5.42. The highest BCUT2D eigenvalue weighted by molar-refractivity contribution is 5.97. The molecular weight excluding hydrogens is 423 g/mol. The van der Waals surface area contributed by atoms with Crippen molar-refractivity contribution in [2.75, 3.05) is 27.8 Å². The normalized spacial score (nSPS) is 10.8. The van der Waals surface area contributed by atoms with Crippen LogP contribution in [0.25, 0.3) is 11.5 Å². The van der Waals surface area contributed by atoms with Gasteiger partial charge in [0.25, 0.3) is 5.91 Å². The van der Waals surface area contributed by atoms with Crippen LogP contribution in [0.15, 0.2) is 73.2 Å². The van der Waals surface area contributed by atoms with Crippen LogP contribution in [0.3, 0.4) is 0 Å². The number of nitrogens with zero attached hydrogens (tertiary/aromatic N) is 4. The lowest BCUT2D eigenvalue weighted by Gasteiger charge is -2.18. The molecule has 0 aliphatic carbocycles. The van der Waals surface area contributed by atoms with Crippen molar-refractivity contribution in [1.29, 1.82) is 0 Å². The first-order chi connectivity index (χ1) is 16.0. The van der Waals surface area contributed by atoms with Crippen molar-refractivity contribution < 1.29 is 18.7 Å². The standard InChI is InChI=1S/C25H25FN4O3/c1-28(15-12-18-6-11-22(32-2)23(16-18)33-3)25(31)21-17-27-30(20-9-7-19(26)8-10-20)24(21)29-13-4-5-14-29/h4-11,13-14,16-17H,12,15H2,1-3H3. The lowest BCUT2D eigenvalue weighted by molar-refractivity contribution is 0.0796. The van der Waals surface area contributed by atoms with Crippen molar-refractivity contribution in [2.24, 2.45) is 0 Å². The Balaban J connectivity index is 1.58. The number of hydrogen-bond donors (Lipinski definition) is 0. The monoisotopic (exact) mass is 448 g/mol. The van der Waals surface area contributed by atoms with E-state index in [0.717, 1.165) is 5.56 Å². The molecule has 0 atom stereocenters. The Morgan fingerprint density at radius 1 is 1.03 bits per heavy atom. The Labute approximate surface area is 191 Å². The molecular formula is C25H25FN4O3. The molecule has 0 saturated heterocycles. The van der Waals surface area contributed by atoms with E-state index < -0.39 is 0 Å². The van der Waals surface area contributed by atoms with Crippen LogP contribution in [0.5, 0.6) is 11.5 Å². The summed E-state index contributed by atoms with van der Waals surface area (Å²) in [7, 11) is 4.95. The van der Waals surface area contributed by atoms with E-state index in [9.17, 15) is 9.18 Å². The van der Waals surface area contributed by atoms with Gasteiger partial charge in [-0.3, -0.25) is 4.79 Å². The summed E-state index contributed by atoms with van der Waals surface area (Å²) in [6, 6.07) is 15.5. The summed E-state index contributed by atoms with van der Waals surface area (Å²) in [4.78, 5) is 15.0. The lowest BCUT2D eigenvalue weighted by Crippen LogP contribution is -2.29. The van der Waals surface area contributed by atoms with Gasteiger partial charge in [0.2, 0.25) is 0 Å². The molecule has 0 aliphatic heterocycles. The smallest absolute Gasteiger partial charge is 0.259 e. The van der Waals surface area contributed by atoms with E-state index in [4.69, 9.17) is 9.47 Å². The maximum Gasteiger partial charge on any atom is 0.259 e. The highest BCUT2D eigenvalue weighted by Crippen LogP contribution is 2.28. The molecule has 2 aromatic heterocycles. The molecule has 0 fully saturated rings. The maximum absolute atomic E-state index is 13.4. The summed E-state index contributed by atoms with van der Waals surface area (Å²) in [6.45, 7) is 0.501. The van der Waals surface area contributed by atoms with Crippen LogP contribution in [-0.2, 0) is 6.42 Å². The van der Waals surface area contributed by atoms with Crippen LogP contribution in [0.2, 0.25) is 0 Å². The summed E-state index contributed by atoms with van der Waals surface area (Å²) in [5.74, 6) is 1.41. The van der Waals surface area contributed by atoms with Gasteiger partial charge in [-0.2, -0.15) is 5.10 Å². The fraction of sp³-hybridized carbons (Fsp3) is 0.200. The Morgan fingerprint density at radius 2 is 1.73 bits per heavy atom. The molecule has 33 heavy (non-hydrogen) atoms. The first-order valence-electron chi connectivity index (χ1n) is 10.5. The van der Waals surface area contributed by atoms with Gasteiger partial charge in [-0.25, -0.2) is 9.07 Å². The number of rotatable bonds is 8. The van der Waals surface area contributed by atoms with Gasteiger partial charge >= 0.3 is 0 Å². The molecule has 7 nitrogen and oxygen atoms in total. The van der Waals surface area contributed by atoms with E-state index in [1.165, 1.54) is 12.1 Å². The first kappa shape index (κ1) is 22.1. The van der Waals surface area contributed by atoms with Crippen molar-refractivity contribution in [2.45, 2.75) is 6.42 Å². The van der Waals surface area contributed by atoms with Crippen LogP contribution in [-0.4, -0.2) is 53.0 Å². The van der Waals surface area contributed by atoms with Gasteiger partial charge in [-0.1, -0.05) is 6.07 Å². The number of ether oxygens (including phenoxy) is 2. The van der Waals surface area contributed by atoms with Crippen LogP contribution in [0.4, 0.5) is 4.39 Å². The van der Waals surface area contributed by atoms with Gasteiger partial charge in [0.1, 0.15) is 11.4 Å². The highest BCUT2D eigenvalue weighted by atomic mass is 19.1. The Kier molecular flexibility index (Phi) is 6.44. The minimum absolute atomic E-state index is 0.160. The van der Waals surface area contributed by atoms with Gasteiger partial charge in [-0.15, -0.1) is 0 Å². The molecule has 0 N–H and O–H groups in total.